The molecule has 0 saturated heterocycles. The maximum Gasteiger partial charge on any atom is 0.282 e. The lowest BCUT2D eigenvalue weighted by molar-refractivity contribution is -0.384. The summed E-state index contributed by atoms with van der Waals surface area (Å²) in [6, 6.07) is 14.3. The van der Waals surface area contributed by atoms with E-state index < -0.39 is 4.92 Å². The van der Waals surface area contributed by atoms with Gasteiger partial charge in [-0.15, -0.1) is 11.3 Å². The zero-order valence-electron chi connectivity index (χ0n) is 15.7. The second kappa shape index (κ2) is 6.22. The van der Waals surface area contributed by atoms with Gasteiger partial charge in [-0.2, -0.15) is 4.98 Å². The van der Waals surface area contributed by atoms with E-state index in [-0.39, 0.29) is 11.2 Å². The Morgan fingerprint density at radius 2 is 1.86 bits per heavy atom. The maximum absolute atomic E-state index is 12.8. The van der Waals surface area contributed by atoms with E-state index >= 15 is 0 Å². The van der Waals surface area contributed by atoms with Crippen molar-refractivity contribution in [1.82, 2.24) is 9.38 Å². The first kappa shape index (κ1) is 17.5. The van der Waals surface area contributed by atoms with Crippen LogP contribution in [-0.4, -0.2) is 14.3 Å². The van der Waals surface area contributed by atoms with Crippen molar-refractivity contribution in [2.75, 3.05) is 0 Å². The van der Waals surface area contributed by atoms with Crippen LogP contribution in [0.4, 0.5) is 5.69 Å². The standard InChI is InChI=1S/C22H15N3O3S/c1-12-13(2)29-22-19(12)21(26)23-20-17-9-4-3-8-16(17)18(24(20)22)11-14-6-5-7-15(10-14)25(27)28/h3-11H,1-2H3/b18-11+. The number of aromatic nitrogens is 2. The van der Waals surface area contributed by atoms with E-state index in [4.69, 9.17) is 0 Å². The summed E-state index contributed by atoms with van der Waals surface area (Å²) in [5, 5.41) is 14.5. The zero-order chi connectivity index (χ0) is 20.3. The van der Waals surface area contributed by atoms with Crippen LogP contribution in [0.25, 0.3) is 32.7 Å². The van der Waals surface area contributed by atoms with Gasteiger partial charge in [-0.3, -0.25) is 19.3 Å². The first-order valence-corrected chi connectivity index (χ1v) is 9.86. The molecule has 5 aromatic rings. The van der Waals surface area contributed by atoms with Gasteiger partial charge in [0.2, 0.25) is 0 Å². The minimum absolute atomic E-state index is 0.0387. The average Bonchev–Trinajstić information content (AvgIpc) is 3.18. The Kier molecular flexibility index (Phi) is 3.75. The van der Waals surface area contributed by atoms with Crippen molar-refractivity contribution < 1.29 is 4.92 Å². The molecule has 0 atom stereocenters. The molecule has 0 aliphatic rings. The van der Waals surface area contributed by atoms with E-state index in [2.05, 4.69) is 4.98 Å². The summed E-state index contributed by atoms with van der Waals surface area (Å²) in [7, 11) is 0. The van der Waals surface area contributed by atoms with Gasteiger partial charge in [-0.05, 0) is 31.1 Å². The summed E-state index contributed by atoms with van der Waals surface area (Å²) < 4.78 is 2.00. The summed E-state index contributed by atoms with van der Waals surface area (Å²) in [6.45, 7) is 3.94. The third-order valence-corrected chi connectivity index (χ3v) is 6.46. The predicted molar refractivity (Wildman–Crippen MR) is 116 cm³/mol. The fraction of sp³-hybridized carbons (Fsp3) is 0.0909. The Hall–Kier alpha value is -3.58. The Morgan fingerprint density at radius 1 is 1.10 bits per heavy atom. The van der Waals surface area contributed by atoms with Crippen molar-refractivity contribution in [3.63, 3.8) is 0 Å². The van der Waals surface area contributed by atoms with Gasteiger partial charge in [0, 0.05) is 27.8 Å². The molecule has 29 heavy (non-hydrogen) atoms. The molecule has 0 aliphatic heterocycles. The van der Waals surface area contributed by atoms with E-state index in [0.29, 0.717) is 16.6 Å². The molecule has 0 spiro atoms. The Balaban J connectivity index is 2.01. The van der Waals surface area contributed by atoms with Crippen LogP contribution < -0.4 is 10.9 Å². The van der Waals surface area contributed by atoms with Crippen LogP contribution in [0.5, 0.6) is 0 Å². The lowest BCUT2D eigenvalue weighted by Gasteiger charge is -1.99. The highest BCUT2D eigenvalue weighted by molar-refractivity contribution is 7.18. The number of nitrogens with zero attached hydrogens (tertiary/aromatic N) is 3. The Morgan fingerprint density at radius 3 is 2.62 bits per heavy atom. The fourth-order valence-corrected chi connectivity index (χ4v) is 4.93. The monoisotopic (exact) mass is 401 g/mol. The van der Waals surface area contributed by atoms with Gasteiger partial charge < -0.3 is 0 Å². The number of non-ortho nitro benzene ring substituents is 1. The van der Waals surface area contributed by atoms with Gasteiger partial charge in [0.25, 0.3) is 11.2 Å². The van der Waals surface area contributed by atoms with Gasteiger partial charge in [0.15, 0.2) is 5.65 Å². The molecule has 3 aromatic heterocycles. The van der Waals surface area contributed by atoms with Gasteiger partial charge in [0.1, 0.15) is 4.83 Å². The molecular formula is C22H15N3O3S. The molecule has 2 aromatic carbocycles. The van der Waals surface area contributed by atoms with Crippen LogP contribution in [0.2, 0.25) is 0 Å². The van der Waals surface area contributed by atoms with Gasteiger partial charge in [-0.25, -0.2) is 0 Å². The number of aryl methyl sites for hydroxylation is 2. The lowest BCUT2D eigenvalue weighted by Crippen LogP contribution is -2.15. The predicted octanol–water partition coefficient (Wildman–Crippen LogP) is 4.14. The molecule has 0 amide bonds. The normalized spacial score (nSPS) is 12.4. The van der Waals surface area contributed by atoms with E-state index in [1.165, 1.54) is 6.07 Å². The highest BCUT2D eigenvalue weighted by Crippen LogP contribution is 2.29. The molecule has 0 radical (unpaired) electrons. The average molecular weight is 401 g/mol. The van der Waals surface area contributed by atoms with Crippen LogP contribution >= 0.6 is 11.3 Å². The number of thiophene rings is 1. The van der Waals surface area contributed by atoms with Crippen molar-refractivity contribution in [2.45, 2.75) is 13.8 Å². The van der Waals surface area contributed by atoms with E-state index in [1.54, 1.807) is 23.5 Å². The summed E-state index contributed by atoms with van der Waals surface area (Å²) >= 11 is 1.57. The van der Waals surface area contributed by atoms with Gasteiger partial charge in [0.05, 0.1) is 15.7 Å². The quantitative estimate of drug-likeness (QED) is 0.329. The van der Waals surface area contributed by atoms with Crippen molar-refractivity contribution in [1.29, 1.82) is 0 Å². The molecule has 6 nitrogen and oxygen atoms in total. The molecule has 7 heteroatoms. The molecular weight excluding hydrogens is 386 g/mol. The van der Waals surface area contributed by atoms with Crippen molar-refractivity contribution in [3.8, 4) is 0 Å². The minimum Gasteiger partial charge on any atom is -0.284 e. The third kappa shape index (κ3) is 2.55. The van der Waals surface area contributed by atoms with Gasteiger partial charge >= 0.3 is 0 Å². The molecule has 0 saturated carbocycles. The first-order chi connectivity index (χ1) is 14.0. The summed E-state index contributed by atoms with van der Waals surface area (Å²) in [4.78, 5) is 29.9. The number of benzene rings is 2. The molecule has 0 N–H and O–H groups in total. The van der Waals surface area contributed by atoms with E-state index in [1.807, 2.05) is 54.7 Å². The van der Waals surface area contributed by atoms with Crippen molar-refractivity contribution >= 4 is 49.7 Å². The number of hydrogen-bond acceptors (Lipinski definition) is 5. The Labute approximate surface area is 168 Å². The fourth-order valence-electron chi connectivity index (χ4n) is 3.77. The summed E-state index contributed by atoms with van der Waals surface area (Å²) in [5.74, 6) is 0. The van der Waals surface area contributed by atoms with Crippen molar-refractivity contribution in [3.05, 3.63) is 90.4 Å². The maximum atomic E-state index is 12.8. The van der Waals surface area contributed by atoms with Crippen LogP contribution in [0.15, 0.2) is 53.3 Å². The van der Waals surface area contributed by atoms with Crippen LogP contribution in [0.1, 0.15) is 16.0 Å². The molecule has 0 aliphatic carbocycles. The third-order valence-electron chi connectivity index (χ3n) is 5.27. The van der Waals surface area contributed by atoms with Crippen LogP contribution in [-0.2, 0) is 0 Å². The largest absolute Gasteiger partial charge is 0.284 e. The SMILES string of the molecule is Cc1sc2c(c1C)c(=O)nc1c3ccccc3/c(=C\c3cccc([N+](=O)[O-])c3)n12. The highest BCUT2D eigenvalue weighted by Gasteiger charge is 2.17. The van der Waals surface area contributed by atoms with E-state index in [0.717, 1.165) is 31.4 Å². The van der Waals surface area contributed by atoms with Crippen LogP contribution in [0, 0.1) is 24.0 Å². The van der Waals surface area contributed by atoms with Gasteiger partial charge in [-0.1, -0.05) is 36.4 Å². The first-order valence-electron chi connectivity index (χ1n) is 9.05. The number of rotatable bonds is 2. The molecule has 3 heterocycles. The smallest absolute Gasteiger partial charge is 0.282 e. The minimum atomic E-state index is -0.402. The van der Waals surface area contributed by atoms with Crippen molar-refractivity contribution in [2.24, 2.45) is 0 Å². The topological polar surface area (TPSA) is 77.5 Å². The van der Waals surface area contributed by atoms with Crippen LogP contribution in [0.3, 0.4) is 0 Å². The molecule has 5 rings (SSSR count). The lowest BCUT2D eigenvalue weighted by atomic mass is 10.1. The number of hydrogen-bond donors (Lipinski definition) is 0. The van der Waals surface area contributed by atoms with E-state index in [9.17, 15) is 14.9 Å². The molecule has 0 fully saturated rings. The molecule has 0 bridgehead atoms. The number of nitro benzene ring substituents is 1. The summed E-state index contributed by atoms with van der Waals surface area (Å²) in [6.07, 6.45) is 1.91. The number of fused-ring (bicyclic) bond motifs is 5. The summed E-state index contributed by atoms with van der Waals surface area (Å²) in [5.41, 5.74) is 2.09. The second-order valence-electron chi connectivity index (χ2n) is 6.97. The molecule has 142 valence electrons. The Bertz CT molecular complexity index is 1580. The molecule has 0 unspecified atom stereocenters. The number of nitro groups is 1. The second-order valence-corrected chi connectivity index (χ2v) is 8.17. The highest BCUT2D eigenvalue weighted by atomic mass is 32.1. The zero-order valence-corrected chi connectivity index (χ0v) is 16.5.